The fraction of sp³-hybridized carbons (Fsp3) is 0.462. The second-order valence-electron chi connectivity index (χ2n) is 4.33. The quantitative estimate of drug-likeness (QED) is 0.842. The first-order valence-electron chi connectivity index (χ1n) is 5.80. The van der Waals surface area contributed by atoms with Crippen molar-refractivity contribution in [1.82, 2.24) is 0 Å². The number of carbonyl (C=O) groups excluding carboxylic acids is 1. The first-order valence-corrected chi connectivity index (χ1v) is 6.33. The van der Waals surface area contributed by atoms with E-state index in [2.05, 4.69) is 5.32 Å². The van der Waals surface area contributed by atoms with Gasteiger partial charge in [-0.25, -0.2) is 0 Å². The van der Waals surface area contributed by atoms with E-state index < -0.39 is 0 Å². The molecular weight excluding hydrogens is 238 g/mol. The molecular formula is C13H16ClNO2. The monoisotopic (exact) mass is 253 g/mol. The van der Waals surface area contributed by atoms with Crippen molar-refractivity contribution in [3.8, 4) is 0 Å². The van der Waals surface area contributed by atoms with E-state index in [4.69, 9.17) is 16.3 Å². The number of hydrogen-bond acceptors (Lipinski definition) is 2. The maximum atomic E-state index is 11.9. The van der Waals surface area contributed by atoms with Crippen LogP contribution in [0.2, 0.25) is 0 Å². The van der Waals surface area contributed by atoms with Crippen molar-refractivity contribution in [2.24, 2.45) is 0 Å². The Balaban J connectivity index is 1.93. The van der Waals surface area contributed by atoms with Crippen molar-refractivity contribution in [2.75, 3.05) is 5.32 Å². The van der Waals surface area contributed by atoms with Crippen LogP contribution in [0.15, 0.2) is 24.3 Å². The van der Waals surface area contributed by atoms with Gasteiger partial charge in [-0.2, -0.15) is 0 Å². The number of halogens is 1. The minimum atomic E-state index is -0.308. The molecule has 17 heavy (non-hydrogen) atoms. The molecule has 2 atom stereocenters. The Morgan fingerprint density at radius 3 is 2.65 bits per heavy atom. The zero-order valence-corrected chi connectivity index (χ0v) is 10.5. The van der Waals surface area contributed by atoms with Gasteiger partial charge in [0, 0.05) is 11.6 Å². The number of hydrogen-bond donors (Lipinski definition) is 1. The van der Waals surface area contributed by atoms with E-state index in [1.54, 1.807) is 0 Å². The highest BCUT2D eigenvalue weighted by atomic mass is 35.5. The van der Waals surface area contributed by atoms with Crippen molar-refractivity contribution in [1.29, 1.82) is 0 Å². The maximum absolute atomic E-state index is 11.9. The second-order valence-corrected chi connectivity index (χ2v) is 4.60. The number of alkyl halides is 1. The van der Waals surface area contributed by atoms with E-state index >= 15 is 0 Å². The SMILES string of the molecule is CC1CCC(C(=O)Nc2ccc(CCl)cc2)O1. The molecule has 0 spiro atoms. The molecule has 0 bridgehead atoms. The summed E-state index contributed by atoms with van der Waals surface area (Å²) >= 11 is 5.70. The van der Waals surface area contributed by atoms with Gasteiger partial charge in [-0.05, 0) is 37.5 Å². The summed E-state index contributed by atoms with van der Waals surface area (Å²) in [6.45, 7) is 1.99. The number of amides is 1. The summed E-state index contributed by atoms with van der Waals surface area (Å²) < 4.78 is 5.51. The minimum absolute atomic E-state index is 0.0621. The van der Waals surface area contributed by atoms with Gasteiger partial charge in [-0.15, -0.1) is 11.6 Å². The number of ether oxygens (including phenoxy) is 1. The van der Waals surface area contributed by atoms with Gasteiger partial charge in [-0.3, -0.25) is 4.79 Å². The predicted octanol–water partition coefficient (Wildman–Crippen LogP) is 2.93. The Kier molecular flexibility index (Phi) is 4.02. The van der Waals surface area contributed by atoms with E-state index in [1.807, 2.05) is 31.2 Å². The van der Waals surface area contributed by atoms with Gasteiger partial charge in [0.05, 0.1) is 6.10 Å². The molecule has 0 radical (unpaired) electrons. The largest absolute Gasteiger partial charge is 0.365 e. The molecule has 0 aromatic heterocycles. The first kappa shape index (κ1) is 12.4. The van der Waals surface area contributed by atoms with Gasteiger partial charge >= 0.3 is 0 Å². The molecule has 2 rings (SSSR count). The van der Waals surface area contributed by atoms with E-state index in [1.165, 1.54) is 0 Å². The Morgan fingerprint density at radius 1 is 1.41 bits per heavy atom. The fourth-order valence-electron chi connectivity index (χ4n) is 1.90. The highest BCUT2D eigenvalue weighted by Gasteiger charge is 2.27. The number of anilines is 1. The fourth-order valence-corrected chi connectivity index (χ4v) is 2.07. The molecule has 0 aliphatic carbocycles. The molecule has 1 saturated heterocycles. The number of nitrogens with one attached hydrogen (secondary N) is 1. The zero-order chi connectivity index (χ0) is 12.3. The van der Waals surface area contributed by atoms with E-state index in [-0.39, 0.29) is 18.1 Å². The Hall–Kier alpha value is -1.06. The van der Waals surface area contributed by atoms with Crippen molar-refractivity contribution < 1.29 is 9.53 Å². The average Bonchev–Trinajstić information content (AvgIpc) is 2.77. The van der Waals surface area contributed by atoms with E-state index in [0.717, 1.165) is 24.1 Å². The standard InChI is InChI=1S/C13H16ClNO2/c1-9-2-7-12(17-9)13(16)15-11-5-3-10(8-14)4-6-11/h3-6,9,12H,2,7-8H2,1H3,(H,15,16). The Morgan fingerprint density at radius 2 is 2.12 bits per heavy atom. The van der Waals surface area contributed by atoms with Crippen molar-refractivity contribution in [2.45, 2.75) is 37.9 Å². The first-order chi connectivity index (χ1) is 8.19. The normalized spacial score (nSPS) is 23.6. The molecule has 1 aromatic carbocycles. The van der Waals surface area contributed by atoms with Crippen LogP contribution in [-0.2, 0) is 15.4 Å². The van der Waals surface area contributed by atoms with Crippen LogP contribution in [-0.4, -0.2) is 18.1 Å². The molecule has 1 aliphatic rings. The third-order valence-electron chi connectivity index (χ3n) is 2.90. The second kappa shape index (κ2) is 5.52. The molecule has 4 heteroatoms. The van der Waals surface area contributed by atoms with Gasteiger partial charge in [0.2, 0.25) is 0 Å². The average molecular weight is 254 g/mol. The lowest BCUT2D eigenvalue weighted by molar-refractivity contribution is -0.126. The van der Waals surface area contributed by atoms with Crippen molar-refractivity contribution in [3.05, 3.63) is 29.8 Å². The van der Waals surface area contributed by atoms with Gasteiger partial charge in [0.1, 0.15) is 6.10 Å². The summed E-state index contributed by atoms with van der Waals surface area (Å²) in [5, 5.41) is 2.85. The van der Waals surface area contributed by atoms with E-state index in [0.29, 0.717) is 5.88 Å². The van der Waals surface area contributed by atoms with Crippen molar-refractivity contribution in [3.63, 3.8) is 0 Å². The molecule has 1 N–H and O–H groups in total. The highest BCUT2D eigenvalue weighted by molar-refractivity contribution is 6.17. The molecule has 2 unspecified atom stereocenters. The number of rotatable bonds is 3. The van der Waals surface area contributed by atoms with Crippen LogP contribution < -0.4 is 5.32 Å². The summed E-state index contributed by atoms with van der Waals surface area (Å²) in [5.74, 6) is 0.422. The van der Waals surface area contributed by atoms with Crippen LogP contribution in [0.4, 0.5) is 5.69 Å². The highest BCUT2D eigenvalue weighted by Crippen LogP contribution is 2.20. The topological polar surface area (TPSA) is 38.3 Å². The summed E-state index contributed by atoms with van der Waals surface area (Å²) in [4.78, 5) is 11.9. The third kappa shape index (κ3) is 3.20. The van der Waals surface area contributed by atoms with Gasteiger partial charge < -0.3 is 10.1 Å². The number of carbonyl (C=O) groups is 1. The van der Waals surface area contributed by atoms with Crippen LogP contribution >= 0.6 is 11.6 Å². The van der Waals surface area contributed by atoms with Crippen LogP contribution in [0, 0.1) is 0 Å². The molecule has 1 fully saturated rings. The van der Waals surface area contributed by atoms with Crippen LogP contribution in [0.3, 0.4) is 0 Å². The smallest absolute Gasteiger partial charge is 0.253 e. The van der Waals surface area contributed by atoms with E-state index in [9.17, 15) is 4.79 Å². The lowest BCUT2D eigenvalue weighted by Gasteiger charge is -2.11. The molecule has 1 aromatic rings. The molecule has 0 saturated carbocycles. The summed E-state index contributed by atoms with van der Waals surface area (Å²) in [7, 11) is 0. The zero-order valence-electron chi connectivity index (χ0n) is 9.78. The third-order valence-corrected chi connectivity index (χ3v) is 3.21. The van der Waals surface area contributed by atoms with Crippen LogP contribution in [0.25, 0.3) is 0 Å². The van der Waals surface area contributed by atoms with Crippen LogP contribution in [0.5, 0.6) is 0 Å². The maximum Gasteiger partial charge on any atom is 0.253 e. The molecule has 1 aliphatic heterocycles. The minimum Gasteiger partial charge on any atom is -0.365 e. The molecule has 92 valence electrons. The number of benzene rings is 1. The lowest BCUT2D eigenvalue weighted by atomic mass is 10.2. The molecule has 1 heterocycles. The van der Waals surface area contributed by atoms with Gasteiger partial charge in [0.25, 0.3) is 5.91 Å². The van der Waals surface area contributed by atoms with Gasteiger partial charge in [0.15, 0.2) is 0 Å². The van der Waals surface area contributed by atoms with Gasteiger partial charge in [-0.1, -0.05) is 12.1 Å². The molecule has 3 nitrogen and oxygen atoms in total. The summed E-state index contributed by atoms with van der Waals surface area (Å²) in [6.07, 6.45) is 1.62. The Labute approximate surface area is 106 Å². The molecule has 1 amide bonds. The Bertz CT molecular complexity index is 391. The summed E-state index contributed by atoms with van der Waals surface area (Å²) in [6, 6.07) is 7.52. The van der Waals surface area contributed by atoms with Crippen LogP contribution in [0.1, 0.15) is 25.3 Å². The van der Waals surface area contributed by atoms with Crippen molar-refractivity contribution >= 4 is 23.2 Å². The predicted molar refractivity (Wildman–Crippen MR) is 68.2 cm³/mol. The lowest BCUT2D eigenvalue weighted by Crippen LogP contribution is -2.27. The summed E-state index contributed by atoms with van der Waals surface area (Å²) in [5.41, 5.74) is 1.82.